The highest BCUT2D eigenvalue weighted by atomic mass is 19.2. The van der Waals surface area contributed by atoms with Crippen molar-refractivity contribution in [3.05, 3.63) is 35.1 Å². The number of nitrogens with zero attached hydrogens (tertiary/aromatic N) is 2. The Morgan fingerprint density at radius 3 is 2.30 bits per heavy atom. The summed E-state index contributed by atoms with van der Waals surface area (Å²) in [6, 6.07) is -0.180. The fourth-order valence-electron chi connectivity index (χ4n) is 3.59. The molecule has 188 valence electrons. The van der Waals surface area contributed by atoms with Gasteiger partial charge in [-0.05, 0) is 44.2 Å². The van der Waals surface area contributed by atoms with E-state index in [1.807, 2.05) is 18.7 Å². The minimum atomic E-state index is -1.27. The number of hydrogen-bond acceptors (Lipinski definition) is 5. The zero-order chi connectivity index (χ0) is 25.0. The molecule has 0 bridgehead atoms. The fraction of sp³-hybridized carbons (Fsp3) is 0.652. The van der Waals surface area contributed by atoms with Crippen molar-refractivity contribution < 1.29 is 22.8 Å². The number of nitrogens with one attached hydrogen (secondary N) is 2. The molecule has 1 heterocycles. The molecule has 7 nitrogen and oxygen atoms in total. The van der Waals surface area contributed by atoms with Crippen LogP contribution in [0.15, 0.2) is 12.1 Å². The molecule has 4 N–H and O–H groups in total. The lowest BCUT2D eigenvalue weighted by Crippen LogP contribution is -2.61. The first-order valence-corrected chi connectivity index (χ1v) is 11.6. The van der Waals surface area contributed by atoms with Crippen LogP contribution in [0.4, 0.5) is 13.2 Å². The Morgan fingerprint density at radius 2 is 1.76 bits per heavy atom. The van der Waals surface area contributed by atoms with E-state index < -0.39 is 29.5 Å². The highest BCUT2D eigenvalue weighted by Crippen LogP contribution is 2.17. The monoisotopic (exact) mass is 473 g/mol. The highest BCUT2D eigenvalue weighted by molar-refractivity contribution is 5.89. The lowest BCUT2D eigenvalue weighted by Gasteiger charge is -2.38. The Hall–Kier alpha value is -2.17. The summed E-state index contributed by atoms with van der Waals surface area (Å²) in [4.78, 5) is 28.6. The van der Waals surface area contributed by atoms with Gasteiger partial charge >= 0.3 is 0 Å². The van der Waals surface area contributed by atoms with Crippen LogP contribution in [0.25, 0.3) is 0 Å². The van der Waals surface area contributed by atoms with Crippen molar-refractivity contribution in [2.45, 2.75) is 52.6 Å². The van der Waals surface area contributed by atoms with Gasteiger partial charge in [0.05, 0.1) is 0 Å². The Bertz CT molecular complexity index is 760. The van der Waals surface area contributed by atoms with Crippen molar-refractivity contribution in [1.29, 1.82) is 0 Å². The van der Waals surface area contributed by atoms with Crippen molar-refractivity contribution in [2.75, 3.05) is 45.8 Å². The van der Waals surface area contributed by atoms with Crippen molar-refractivity contribution in [2.24, 2.45) is 5.73 Å². The molecule has 10 heteroatoms. The number of halogens is 3. The van der Waals surface area contributed by atoms with Gasteiger partial charge in [0.15, 0.2) is 11.6 Å². The normalized spacial score (nSPS) is 16.8. The number of piperazine rings is 1. The molecule has 0 radical (unpaired) electrons. The first-order chi connectivity index (χ1) is 15.7. The van der Waals surface area contributed by atoms with Gasteiger partial charge in [0, 0.05) is 38.2 Å². The first-order valence-electron chi connectivity index (χ1n) is 11.6. The maximum Gasteiger partial charge on any atom is 0.244 e. The molecule has 2 rings (SSSR count). The zero-order valence-electron chi connectivity index (χ0n) is 20.1. The minimum Gasteiger partial charge on any atom is -0.352 e. The summed E-state index contributed by atoms with van der Waals surface area (Å²) in [5, 5.41) is 5.88. The Balaban J connectivity index is 0.000000981. The van der Waals surface area contributed by atoms with Gasteiger partial charge in [-0.2, -0.15) is 0 Å². The van der Waals surface area contributed by atoms with Gasteiger partial charge in [0.1, 0.15) is 11.9 Å². The molecule has 0 saturated carbocycles. The number of benzene rings is 1. The molecule has 1 aliphatic rings. The van der Waals surface area contributed by atoms with E-state index in [1.165, 1.54) is 4.90 Å². The lowest BCUT2D eigenvalue weighted by molar-refractivity contribution is -0.144. The van der Waals surface area contributed by atoms with Crippen LogP contribution in [0.2, 0.25) is 0 Å². The summed E-state index contributed by atoms with van der Waals surface area (Å²) in [5.41, 5.74) is 5.87. The van der Waals surface area contributed by atoms with E-state index in [2.05, 4.69) is 24.5 Å². The third-order valence-electron chi connectivity index (χ3n) is 5.48. The van der Waals surface area contributed by atoms with E-state index in [0.717, 1.165) is 32.2 Å². The maximum absolute atomic E-state index is 13.8. The summed E-state index contributed by atoms with van der Waals surface area (Å²) in [6.45, 7) is 13.0. The molecule has 1 aliphatic heterocycles. The van der Waals surface area contributed by atoms with Crippen LogP contribution in [0, 0.1) is 17.5 Å². The Kier molecular flexibility index (Phi) is 13.0. The van der Waals surface area contributed by atoms with Crippen molar-refractivity contribution in [3.63, 3.8) is 0 Å². The predicted molar refractivity (Wildman–Crippen MR) is 123 cm³/mol. The summed E-state index contributed by atoms with van der Waals surface area (Å²) >= 11 is 0. The van der Waals surface area contributed by atoms with Crippen LogP contribution >= 0.6 is 0 Å². The second-order valence-electron chi connectivity index (χ2n) is 7.86. The number of likely N-dealkylation sites (N-methyl/N-ethyl adjacent to an activating group) is 1. The smallest absolute Gasteiger partial charge is 0.244 e. The van der Waals surface area contributed by atoms with E-state index in [9.17, 15) is 22.8 Å². The molecule has 33 heavy (non-hydrogen) atoms. The molecule has 2 atom stereocenters. The average Bonchev–Trinajstić information content (AvgIpc) is 2.77. The van der Waals surface area contributed by atoms with Crippen molar-refractivity contribution in [3.8, 4) is 0 Å². The predicted octanol–water partition coefficient (Wildman–Crippen LogP) is 1.65. The maximum atomic E-state index is 13.8. The van der Waals surface area contributed by atoms with E-state index in [0.29, 0.717) is 25.7 Å². The molecule has 1 fully saturated rings. The quantitative estimate of drug-likeness (QED) is 0.450. The Morgan fingerprint density at radius 1 is 1.15 bits per heavy atom. The number of hydrogen-bond donors (Lipinski definition) is 3. The van der Waals surface area contributed by atoms with Gasteiger partial charge in [0.25, 0.3) is 0 Å². The van der Waals surface area contributed by atoms with Crippen LogP contribution in [0.3, 0.4) is 0 Å². The largest absolute Gasteiger partial charge is 0.352 e. The molecule has 1 aromatic carbocycles. The standard InChI is InChI=1S/C19H27F3N4O2.C4H11N/c1-3-25(4-2)11-17-19(28)24-5-6-26(17)18(27)9-13(23)7-12-8-15(21)16(22)10-14(12)20;1-3-5-4-2/h8,10,13,17H,3-7,9,11,23H2,1-2H3,(H,24,28);5H,3-4H2,1-2H3/t13-,17-;/m1./s1. The van der Waals surface area contributed by atoms with E-state index in [4.69, 9.17) is 5.73 Å². The fourth-order valence-corrected chi connectivity index (χ4v) is 3.59. The number of carbonyl (C=O) groups is 2. The van der Waals surface area contributed by atoms with E-state index in [-0.39, 0.29) is 30.2 Å². The SMILES string of the molecule is CCN(CC)C[C@@H]1C(=O)NCCN1C(=O)C[C@H](N)Cc1cc(F)c(F)cc1F.CCNCC. The van der Waals surface area contributed by atoms with Crippen LogP contribution in [-0.4, -0.2) is 79.5 Å². The molecule has 0 unspecified atom stereocenters. The van der Waals surface area contributed by atoms with Gasteiger partial charge in [-0.1, -0.05) is 27.7 Å². The molecular weight excluding hydrogens is 435 g/mol. The molecule has 0 aromatic heterocycles. The molecule has 0 aliphatic carbocycles. The van der Waals surface area contributed by atoms with Crippen LogP contribution < -0.4 is 16.4 Å². The van der Waals surface area contributed by atoms with Gasteiger partial charge < -0.3 is 26.2 Å². The van der Waals surface area contributed by atoms with Crippen LogP contribution in [0.1, 0.15) is 39.7 Å². The average molecular weight is 474 g/mol. The molecule has 2 amide bonds. The molecule has 0 spiro atoms. The minimum absolute atomic E-state index is 0.0877. The van der Waals surface area contributed by atoms with Crippen molar-refractivity contribution in [1.82, 2.24) is 20.4 Å². The third kappa shape index (κ3) is 9.30. The molecule has 1 saturated heterocycles. The van der Waals surface area contributed by atoms with Crippen LogP contribution in [0.5, 0.6) is 0 Å². The Labute approximate surface area is 194 Å². The van der Waals surface area contributed by atoms with E-state index >= 15 is 0 Å². The molecular formula is C23H38F3N5O2. The van der Waals surface area contributed by atoms with Gasteiger partial charge in [0.2, 0.25) is 11.8 Å². The van der Waals surface area contributed by atoms with Gasteiger partial charge in [-0.15, -0.1) is 0 Å². The number of rotatable bonds is 10. The lowest BCUT2D eigenvalue weighted by atomic mass is 10.0. The second-order valence-corrected chi connectivity index (χ2v) is 7.86. The second kappa shape index (κ2) is 14.9. The van der Waals surface area contributed by atoms with Crippen LogP contribution in [-0.2, 0) is 16.0 Å². The zero-order valence-corrected chi connectivity index (χ0v) is 20.1. The summed E-state index contributed by atoms with van der Waals surface area (Å²) in [6.07, 6.45) is -0.240. The van der Waals surface area contributed by atoms with Gasteiger partial charge in [-0.3, -0.25) is 9.59 Å². The number of carbonyl (C=O) groups excluding carboxylic acids is 2. The highest BCUT2D eigenvalue weighted by Gasteiger charge is 2.34. The summed E-state index contributed by atoms with van der Waals surface area (Å²) in [5.74, 6) is -3.88. The number of nitrogens with two attached hydrogens (primary N) is 1. The summed E-state index contributed by atoms with van der Waals surface area (Å²) < 4.78 is 40.2. The number of amides is 2. The molecule has 1 aromatic rings. The first kappa shape index (κ1) is 28.9. The topological polar surface area (TPSA) is 90.7 Å². The van der Waals surface area contributed by atoms with Gasteiger partial charge in [-0.25, -0.2) is 13.2 Å². The third-order valence-corrected chi connectivity index (χ3v) is 5.48. The van der Waals surface area contributed by atoms with E-state index in [1.54, 1.807) is 0 Å². The summed E-state index contributed by atoms with van der Waals surface area (Å²) in [7, 11) is 0. The van der Waals surface area contributed by atoms with Crippen molar-refractivity contribution >= 4 is 11.8 Å².